The Kier molecular flexibility index (Phi) is 3.72. The van der Waals surface area contributed by atoms with Crippen LogP contribution in [0.2, 0.25) is 0 Å². The Morgan fingerprint density at radius 3 is 3.19 bits per heavy atom. The van der Waals surface area contributed by atoms with Gasteiger partial charge in [-0.1, -0.05) is 0 Å². The molecular weight excluding hydrogens is 290 g/mol. The number of aryl methyl sites for hydroxylation is 1. The van der Waals surface area contributed by atoms with Gasteiger partial charge in [-0.15, -0.1) is 11.3 Å². The number of thiazole rings is 1. The summed E-state index contributed by atoms with van der Waals surface area (Å²) < 4.78 is 7.15. The van der Waals surface area contributed by atoms with Crippen LogP contribution in [0.5, 0.6) is 0 Å². The molecule has 0 aliphatic heterocycles. The van der Waals surface area contributed by atoms with Crippen molar-refractivity contribution < 1.29 is 9.21 Å². The van der Waals surface area contributed by atoms with Gasteiger partial charge in [-0.25, -0.2) is 9.97 Å². The van der Waals surface area contributed by atoms with Crippen LogP contribution in [0.15, 0.2) is 23.3 Å². The van der Waals surface area contributed by atoms with Crippen molar-refractivity contribution in [3.63, 3.8) is 0 Å². The summed E-state index contributed by atoms with van der Waals surface area (Å²) in [6, 6.07) is 0. The van der Waals surface area contributed by atoms with Crippen molar-refractivity contribution in [2.45, 2.75) is 19.9 Å². The molecule has 7 nitrogen and oxygen atoms in total. The zero-order valence-electron chi connectivity index (χ0n) is 11.5. The van der Waals surface area contributed by atoms with Crippen molar-refractivity contribution in [3.8, 4) is 0 Å². The molecule has 21 heavy (non-hydrogen) atoms. The molecule has 0 saturated carbocycles. The predicted molar refractivity (Wildman–Crippen MR) is 78.2 cm³/mol. The maximum Gasteiger partial charge on any atom is 0.263 e. The van der Waals surface area contributed by atoms with E-state index in [0.717, 1.165) is 22.0 Å². The first-order chi connectivity index (χ1) is 10.2. The number of nitrogens with one attached hydrogen (secondary N) is 1. The SMILES string of the molecule is Cc1c(C(=O)NCc2ncoc2CCN)sc2cncn12. The van der Waals surface area contributed by atoms with Crippen LogP contribution in [0.1, 0.15) is 26.8 Å². The molecule has 3 heterocycles. The molecule has 110 valence electrons. The number of nitrogens with two attached hydrogens (primary N) is 1. The first kappa shape index (κ1) is 13.8. The Morgan fingerprint density at radius 1 is 1.57 bits per heavy atom. The number of hydrogen-bond acceptors (Lipinski definition) is 6. The van der Waals surface area contributed by atoms with Gasteiger partial charge in [-0.2, -0.15) is 0 Å². The Labute approximate surface area is 124 Å². The lowest BCUT2D eigenvalue weighted by Gasteiger charge is -2.03. The van der Waals surface area contributed by atoms with Gasteiger partial charge in [-0.3, -0.25) is 9.20 Å². The number of rotatable bonds is 5. The second-order valence-electron chi connectivity index (χ2n) is 4.56. The monoisotopic (exact) mass is 305 g/mol. The minimum absolute atomic E-state index is 0.122. The number of imidazole rings is 1. The standard InChI is InChI=1S/C13H15N5O2S/c1-8-12(21-11-5-15-6-18(8)11)13(19)16-4-9-10(2-3-14)20-7-17-9/h5-7H,2-4,14H2,1H3,(H,16,19). The van der Waals surface area contributed by atoms with Gasteiger partial charge in [0.15, 0.2) is 6.39 Å². The third-order valence-electron chi connectivity index (χ3n) is 3.22. The van der Waals surface area contributed by atoms with E-state index in [9.17, 15) is 4.79 Å². The molecule has 0 radical (unpaired) electrons. The lowest BCUT2D eigenvalue weighted by Crippen LogP contribution is -2.23. The maximum atomic E-state index is 12.3. The van der Waals surface area contributed by atoms with Gasteiger partial charge in [0.1, 0.15) is 27.5 Å². The number of carbonyl (C=O) groups excluding carboxylic acids is 1. The van der Waals surface area contributed by atoms with Gasteiger partial charge >= 0.3 is 0 Å². The van der Waals surface area contributed by atoms with Crippen molar-refractivity contribution in [1.29, 1.82) is 0 Å². The Morgan fingerprint density at radius 2 is 2.43 bits per heavy atom. The molecule has 1 amide bonds. The molecular formula is C13H15N5O2S. The molecule has 0 spiro atoms. The van der Waals surface area contributed by atoms with Crippen molar-refractivity contribution in [1.82, 2.24) is 19.7 Å². The third kappa shape index (κ3) is 2.55. The Hall–Kier alpha value is -2.19. The van der Waals surface area contributed by atoms with Gasteiger partial charge in [0.05, 0.1) is 12.7 Å². The van der Waals surface area contributed by atoms with Gasteiger partial charge in [0.25, 0.3) is 5.91 Å². The molecule has 0 aromatic carbocycles. The lowest BCUT2D eigenvalue weighted by atomic mass is 10.2. The van der Waals surface area contributed by atoms with Gasteiger partial charge in [-0.05, 0) is 13.5 Å². The molecule has 3 aromatic heterocycles. The second kappa shape index (κ2) is 5.66. The Bertz CT molecular complexity index is 773. The van der Waals surface area contributed by atoms with Gasteiger partial charge < -0.3 is 15.5 Å². The van der Waals surface area contributed by atoms with Crippen molar-refractivity contribution in [2.75, 3.05) is 6.54 Å². The molecule has 0 atom stereocenters. The summed E-state index contributed by atoms with van der Waals surface area (Å²) in [6.45, 7) is 2.71. The Balaban J connectivity index is 1.72. The molecule has 0 saturated heterocycles. The van der Waals surface area contributed by atoms with E-state index < -0.39 is 0 Å². The van der Waals surface area contributed by atoms with E-state index in [1.54, 1.807) is 12.5 Å². The summed E-state index contributed by atoms with van der Waals surface area (Å²) in [4.78, 5) is 22.1. The van der Waals surface area contributed by atoms with Gasteiger partial charge in [0.2, 0.25) is 0 Å². The van der Waals surface area contributed by atoms with Crippen LogP contribution in [0.3, 0.4) is 0 Å². The minimum Gasteiger partial charge on any atom is -0.448 e. The summed E-state index contributed by atoms with van der Waals surface area (Å²) in [7, 11) is 0. The highest BCUT2D eigenvalue weighted by molar-refractivity contribution is 7.19. The number of amides is 1. The third-order valence-corrected chi connectivity index (χ3v) is 4.42. The molecule has 0 aliphatic rings. The average Bonchev–Trinajstić information content (AvgIpc) is 3.15. The number of nitrogens with zero attached hydrogens (tertiary/aromatic N) is 3. The molecule has 3 N–H and O–H groups in total. The molecule has 3 rings (SSSR count). The molecule has 8 heteroatoms. The van der Waals surface area contributed by atoms with E-state index in [0.29, 0.717) is 24.4 Å². The smallest absolute Gasteiger partial charge is 0.263 e. The summed E-state index contributed by atoms with van der Waals surface area (Å²) in [5.74, 6) is 0.598. The minimum atomic E-state index is -0.122. The number of carbonyl (C=O) groups is 1. The molecule has 3 aromatic rings. The maximum absolute atomic E-state index is 12.3. The molecule has 0 unspecified atom stereocenters. The van der Waals surface area contributed by atoms with E-state index >= 15 is 0 Å². The quantitative estimate of drug-likeness (QED) is 0.736. The zero-order chi connectivity index (χ0) is 14.8. The van der Waals surface area contributed by atoms with Crippen LogP contribution in [0, 0.1) is 6.92 Å². The largest absolute Gasteiger partial charge is 0.448 e. The van der Waals surface area contributed by atoms with Crippen molar-refractivity contribution >= 4 is 22.1 Å². The summed E-state index contributed by atoms with van der Waals surface area (Å²) in [5, 5.41) is 2.87. The molecule has 0 fully saturated rings. The zero-order valence-corrected chi connectivity index (χ0v) is 12.3. The van der Waals surface area contributed by atoms with Crippen LogP contribution in [0.25, 0.3) is 4.83 Å². The molecule has 0 aliphatic carbocycles. The van der Waals surface area contributed by atoms with Crippen LogP contribution < -0.4 is 11.1 Å². The fourth-order valence-electron chi connectivity index (χ4n) is 2.13. The number of aromatic nitrogens is 3. The average molecular weight is 305 g/mol. The summed E-state index contributed by atoms with van der Waals surface area (Å²) in [6.07, 6.45) is 5.43. The van der Waals surface area contributed by atoms with Crippen LogP contribution in [-0.4, -0.2) is 26.8 Å². The van der Waals surface area contributed by atoms with Gasteiger partial charge in [0, 0.05) is 12.1 Å². The number of oxazole rings is 1. The first-order valence-corrected chi connectivity index (χ1v) is 7.33. The van der Waals surface area contributed by atoms with E-state index in [2.05, 4.69) is 15.3 Å². The topological polar surface area (TPSA) is 98.5 Å². The van der Waals surface area contributed by atoms with E-state index in [-0.39, 0.29) is 5.91 Å². The number of hydrogen-bond donors (Lipinski definition) is 2. The normalized spacial score (nSPS) is 11.1. The highest BCUT2D eigenvalue weighted by Crippen LogP contribution is 2.22. The number of fused-ring (bicyclic) bond motifs is 1. The van der Waals surface area contributed by atoms with E-state index in [4.69, 9.17) is 10.2 Å². The van der Waals surface area contributed by atoms with E-state index in [1.165, 1.54) is 17.7 Å². The van der Waals surface area contributed by atoms with Crippen LogP contribution in [-0.2, 0) is 13.0 Å². The van der Waals surface area contributed by atoms with E-state index in [1.807, 2.05) is 11.3 Å². The van der Waals surface area contributed by atoms with Crippen molar-refractivity contribution in [2.24, 2.45) is 5.73 Å². The predicted octanol–water partition coefficient (Wildman–Crippen LogP) is 1.12. The van der Waals surface area contributed by atoms with Crippen LogP contribution >= 0.6 is 11.3 Å². The summed E-state index contributed by atoms with van der Waals surface area (Å²) in [5.41, 5.74) is 7.11. The van der Waals surface area contributed by atoms with Crippen molar-refractivity contribution in [3.05, 3.63) is 40.9 Å². The first-order valence-electron chi connectivity index (χ1n) is 6.51. The van der Waals surface area contributed by atoms with Crippen LogP contribution in [0.4, 0.5) is 0 Å². The fourth-order valence-corrected chi connectivity index (χ4v) is 3.14. The second-order valence-corrected chi connectivity index (χ2v) is 5.59. The summed E-state index contributed by atoms with van der Waals surface area (Å²) >= 11 is 1.41. The molecule has 0 bridgehead atoms. The fraction of sp³-hybridized carbons (Fsp3) is 0.308. The lowest BCUT2D eigenvalue weighted by molar-refractivity contribution is 0.0953. The highest BCUT2D eigenvalue weighted by atomic mass is 32.1. The highest BCUT2D eigenvalue weighted by Gasteiger charge is 2.16.